The number of primary amides is 1. The normalized spacial score (nSPS) is 10.2. The quantitative estimate of drug-likeness (QED) is 0.528. The zero-order valence-corrected chi connectivity index (χ0v) is 10.0. The van der Waals surface area contributed by atoms with E-state index in [0.717, 1.165) is 12.2 Å². The smallest absolute Gasteiger partial charge is 0.341 e. The van der Waals surface area contributed by atoms with Crippen molar-refractivity contribution in [3.63, 3.8) is 0 Å². The summed E-state index contributed by atoms with van der Waals surface area (Å²) in [4.78, 5) is 33.0. The molecule has 0 bridgehead atoms. The van der Waals surface area contributed by atoms with Gasteiger partial charge in [-0.05, 0) is 12.1 Å². The van der Waals surface area contributed by atoms with Gasteiger partial charge in [0.1, 0.15) is 11.3 Å². The fourth-order valence-electron chi connectivity index (χ4n) is 1.23. The van der Waals surface area contributed by atoms with Gasteiger partial charge in [0, 0.05) is 23.9 Å². The molecule has 0 fully saturated rings. The van der Waals surface area contributed by atoms with Gasteiger partial charge in [0.15, 0.2) is 0 Å². The Kier molecular flexibility index (Phi) is 4.64. The standard InChI is InChI=1S/C12H12N2O5/c1-19-12(18)8-3-2-7(6-9(8)15)14-11(17)5-4-10(13)16/h2-6,15H,1H3,(H2,13,16)(H,14,17)/b5-4+. The summed E-state index contributed by atoms with van der Waals surface area (Å²) in [6.07, 6.45) is 1.85. The molecule has 1 rings (SSSR count). The number of amides is 2. The Morgan fingerprint density at radius 3 is 2.53 bits per heavy atom. The van der Waals surface area contributed by atoms with Crippen molar-refractivity contribution in [3.8, 4) is 5.75 Å². The number of benzene rings is 1. The van der Waals surface area contributed by atoms with Gasteiger partial charge in [-0.15, -0.1) is 0 Å². The van der Waals surface area contributed by atoms with E-state index in [2.05, 4.69) is 10.1 Å². The molecule has 4 N–H and O–H groups in total. The van der Waals surface area contributed by atoms with E-state index in [1.807, 2.05) is 0 Å². The number of ether oxygens (including phenoxy) is 1. The molecule has 19 heavy (non-hydrogen) atoms. The summed E-state index contributed by atoms with van der Waals surface area (Å²) in [5.74, 6) is -2.37. The van der Waals surface area contributed by atoms with E-state index in [4.69, 9.17) is 5.73 Å². The van der Waals surface area contributed by atoms with Crippen LogP contribution in [0.5, 0.6) is 5.75 Å². The van der Waals surface area contributed by atoms with Gasteiger partial charge >= 0.3 is 5.97 Å². The minimum Gasteiger partial charge on any atom is -0.507 e. The molecule has 0 aliphatic heterocycles. The second-order valence-corrected chi connectivity index (χ2v) is 3.45. The second-order valence-electron chi connectivity index (χ2n) is 3.45. The lowest BCUT2D eigenvalue weighted by molar-refractivity contribution is -0.115. The van der Waals surface area contributed by atoms with Crippen LogP contribution in [0.4, 0.5) is 5.69 Å². The lowest BCUT2D eigenvalue weighted by Gasteiger charge is -2.06. The molecule has 0 saturated heterocycles. The first-order valence-corrected chi connectivity index (χ1v) is 5.14. The number of carbonyl (C=O) groups excluding carboxylic acids is 3. The maximum absolute atomic E-state index is 11.3. The second kappa shape index (κ2) is 6.20. The van der Waals surface area contributed by atoms with Crippen molar-refractivity contribution in [1.82, 2.24) is 0 Å². The van der Waals surface area contributed by atoms with Gasteiger partial charge in [0.25, 0.3) is 0 Å². The molecule has 1 aromatic rings. The van der Waals surface area contributed by atoms with Gasteiger partial charge in [0.2, 0.25) is 11.8 Å². The third-order valence-electron chi connectivity index (χ3n) is 2.07. The lowest BCUT2D eigenvalue weighted by Crippen LogP contribution is -2.11. The number of aromatic hydroxyl groups is 1. The van der Waals surface area contributed by atoms with Crippen LogP contribution in [0.15, 0.2) is 30.4 Å². The SMILES string of the molecule is COC(=O)c1ccc(NC(=O)/C=C/C(N)=O)cc1O. The van der Waals surface area contributed by atoms with Crippen LogP contribution in [0.2, 0.25) is 0 Å². The molecule has 100 valence electrons. The van der Waals surface area contributed by atoms with Crippen LogP contribution < -0.4 is 11.1 Å². The highest BCUT2D eigenvalue weighted by atomic mass is 16.5. The molecule has 0 spiro atoms. The molecule has 1 aromatic carbocycles. The number of phenols is 1. The molecule has 2 amide bonds. The van der Waals surface area contributed by atoms with E-state index in [1.165, 1.54) is 25.3 Å². The largest absolute Gasteiger partial charge is 0.507 e. The highest BCUT2D eigenvalue weighted by Crippen LogP contribution is 2.22. The monoisotopic (exact) mass is 264 g/mol. The minimum absolute atomic E-state index is 0.0202. The lowest BCUT2D eigenvalue weighted by atomic mass is 10.2. The summed E-state index contributed by atoms with van der Waals surface area (Å²) in [5.41, 5.74) is 5.06. The Balaban J connectivity index is 2.82. The fourth-order valence-corrected chi connectivity index (χ4v) is 1.23. The van der Waals surface area contributed by atoms with Crippen LogP contribution in [0.3, 0.4) is 0 Å². The van der Waals surface area contributed by atoms with Gasteiger partial charge in [-0.2, -0.15) is 0 Å². The van der Waals surface area contributed by atoms with E-state index < -0.39 is 17.8 Å². The van der Waals surface area contributed by atoms with Crippen molar-refractivity contribution < 1.29 is 24.2 Å². The van der Waals surface area contributed by atoms with Crippen molar-refractivity contribution in [1.29, 1.82) is 0 Å². The molecule has 7 heteroatoms. The third-order valence-corrected chi connectivity index (χ3v) is 2.07. The molecular formula is C12H12N2O5. The number of phenolic OH excluding ortho intramolecular Hbond substituents is 1. The molecule has 7 nitrogen and oxygen atoms in total. The summed E-state index contributed by atoms with van der Waals surface area (Å²) in [7, 11) is 1.19. The Bertz CT molecular complexity index is 551. The van der Waals surface area contributed by atoms with E-state index in [0.29, 0.717) is 0 Å². The number of carbonyl (C=O) groups is 3. The predicted octanol–water partition coefficient (Wildman–Crippen LogP) is 0.159. The number of nitrogens with one attached hydrogen (secondary N) is 1. The number of methoxy groups -OCH3 is 1. The van der Waals surface area contributed by atoms with Crippen molar-refractivity contribution in [2.75, 3.05) is 12.4 Å². The highest BCUT2D eigenvalue weighted by Gasteiger charge is 2.12. The van der Waals surface area contributed by atoms with E-state index in [9.17, 15) is 19.5 Å². The van der Waals surface area contributed by atoms with E-state index >= 15 is 0 Å². The van der Waals surface area contributed by atoms with Crippen molar-refractivity contribution in [2.24, 2.45) is 5.73 Å². The van der Waals surface area contributed by atoms with Gasteiger partial charge in [-0.1, -0.05) is 0 Å². The number of nitrogens with two attached hydrogens (primary N) is 1. The third kappa shape index (κ3) is 4.15. The molecule has 0 aromatic heterocycles. The maximum atomic E-state index is 11.3. The number of hydrogen-bond acceptors (Lipinski definition) is 5. The first-order chi connectivity index (χ1) is 8.93. The summed E-state index contributed by atoms with van der Waals surface area (Å²) >= 11 is 0. The average molecular weight is 264 g/mol. The number of rotatable bonds is 4. The van der Waals surface area contributed by atoms with E-state index in [1.54, 1.807) is 0 Å². The molecule has 0 unspecified atom stereocenters. The molecule has 0 atom stereocenters. The summed E-state index contributed by atoms with van der Waals surface area (Å²) in [6.45, 7) is 0. The van der Waals surface area contributed by atoms with Gasteiger partial charge < -0.3 is 20.9 Å². The molecule has 0 saturated carbocycles. The van der Waals surface area contributed by atoms with Gasteiger partial charge in [-0.3, -0.25) is 9.59 Å². The van der Waals surface area contributed by atoms with Gasteiger partial charge in [0.05, 0.1) is 7.11 Å². The van der Waals surface area contributed by atoms with Crippen LogP contribution >= 0.6 is 0 Å². The first-order valence-electron chi connectivity index (χ1n) is 5.14. The highest BCUT2D eigenvalue weighted by molar-refractivity contribution is 6.03. The van der Waals surface area contributed by atoms with Crippen LogP contribution in [-0.4, -0.2) is 30.0 Å². The molecule has 0 aliphatic carbocycles. The topological polar surface area (TPSA) is 119 Å². The summed E-state index contributed by atoms with van der Waals surface area (Å²) in [5, 5.41) is 12.0. The predicted molar refractivity (Wildman–Crippen MR) is 66.4 cm³/mol. The number of hydrogen-bond donors (Lipinski definition) is 3. The maximum Gasteiger partial charge on any atom is 0.341 e. The van der Waals surface area contributed by atoms with Crippen LogP contribution in [0, 0.1) is 0 Å². The van der Waals surface area contributed by atoms with Crippen LogP contribution in [0.25, 0.3) is 0 Å². The average Bonchev–Trinajstić information content (AvgIpc) is 2.35. The number of anilines is 1. The van der Waals surface area contributed by atoms with Crippen LogP contribution in [0.1, 0.15) is 10.4 Å². The van der Waals surface area contributed by atoms with Crippen LogP contribution in [-0.2, 0) is 14.3 Å². The van der Waals surface area contributed by atoms with E-state index in [-0.39, 0.29) is 17.0 Å². The summed E-state index contributed by atoms with van der Waals surface area (Å²) in [6, 6.07) is 3.89. The van der Waals surface area contributed by atoms with Gasteiger partial charge in [-0.25, -0.2) is 4.79 Å². The molecule has 0 heterocycles. The Morgan fingerprint density at radius 1 is 1.32 bits per heavy atom. The van der Waals surface area contributed by atoms with Crippen molar-refractivity contribution >= 4 is 23.5 Å². The Morgan fingerprint density at radius 2 is 2.00 bits per heavy atom. The molecular weight excluding hydrogens is 252 g/mol. The number of esters is 1. The Hall–Kier alpha value is -2.83. The minimum atomic E-state index is -0.751. The first kappa shape index (κ1) is 14.2. The van der Waals surface area contributed by atoms with Crippen molar-refractivity contribution in [2.45, 2.75) is 0 Å². The summed E-state index contributed by atoms with van der Waals surface area (Å²) < 4.78 is 4.45. The van der Waals surface area contributed by atoms with Crippen molar-refractivity contribution in [3.05, 3.63) is 35.9 Å². The molecule has 0 aliphatic rings. The fraction of sp³-hybridized carbons (Fsp3) is 0.0833. The zero-order chi connectivity index (χ0) is 14.4. The Labute approximate surface area is 108 Å². The molecule has 0 radical (unpaired) electrons. The zero-order valence-electron chi connectivity index (χ0n) is 10.0.